The molecule has 1 unspecified atom stereocenters. The summed E-state index contributed by atoms with van der Waals surface area (Å²) in [5.41, 5.74) is -0.104. The van der Waals surface area contributed by atoms with E-state index in [2.05, 4.69) is 46.0 Å². The molecule has 7 nitrogen and oxygen atoms in total. The number of piperidine rings is 1. The predicted molar refractivity (Wildman–Crippen MR) is 81.1 cm³/mol. The molecule has 0 radical (unpaired) electrons. The van der Waals surface area contributed by atoms with Crippen LogP contribution in [0, 0.1) is 0 Å². The van der Waals surface area contributed by atoms with Crippen LogP contribution >= 0.6 is 0 Å². The Labute approximate surface area is 130 Å². The zero-order valence-electron chi connectivity index (χ0n) is 13.6. The summed E-state index contributed by atoms with van der Waals surface area (Å²) in [5, 5.41) is 12.6. The van der Waals surface area contributed by atoms with Crippen LogP contribution in [0.4, 0.5) is 0 Å². The van der Waals surface area contributed by atoms with Crippen molar-refractivity contribution in [1.82, 2.24) is 29.9 Å². The number of hydrogen-bond donors (Lipinski definition) is 0. The van der Waals surface area contributed by atoms with E-state index >= 15 is 0 Å². The standard InChI is InChI=1S/C15H24N6O/c1-15(2,3)14-19-18-13(22-14)9-20-7-5-4-6-12(20)8-21-11-16-10-17-21/h10-12H,4-9H2,1-3H3. The van der Waals surface area contributed by atoms with Crippen molar-refractivity contribution in [3.8, 4) is 0 Å². The lowest BCUT2D eigenvalue weighted by atomic mass is 9.97. The maximum Gasteiger partial charge on any atom is 0.230 e. The Morgan fingerprint density at radius 1 is 1.27 bits per heavy atom. The summed E-state index contributed by atoms with van der Waals surface area (Å²) < 4.78 is 7.74. The molecule has 22 heavy (non-hydrogen) atoms. The summed E-state index contributed by atoms with van der Waals surface area (Å²) in [6, 6.07) is 0.445. The molecule has 1 fully saturated rings. The number of hydrogen-bond acceptors (Lipinski definition) is 6. The van der Waals surface area contributed by atoms with Crippen LogP contribution in [-0.2, 0) is 18.5 Å². The second-order valence-electron chi connectivity index (χ2n) is 6.99. The summed E-state index contributed by atoms with van der Waals surface area (Å²) in [6.07, 6.45) is 7.00. The molecule has 0 aromatic carbocycles. The summed E-state index contributed by atoms with van der Waals surface area (Å²) in [7, 11) is 0. The van der Waals surface area contributed by atoms with E-state index in [0.717, 1.165) is 13.1 Å². The van der Waals surface area contributed by atoms with Gasteiger partial charge in [-0.3, -0.25) is 9.58 Å². The fourth-order valence-corrected chi connectivity index (χ4v) is 2.81. The van der Waals surface area contributed by atoms with E-state index in [9.17, 15) is 0 Å². The summed E-state index contributed by atoms with van der Waals surface area (Å²) in [6.45, 7) is 8.88. The predicted octanol–water partition coefficient (Wildman–Crippen LogP) is 2.01. The van der Waals surface area contributed by atoms with Crippen LogP contribution in [0.5, 0.6) is 0 Å². The lowest BCUT2D eigenvalue weighted by Crippen LogP contribution is -2.41. The SMILES string of the molecule is CC(C)(C)c1nnc(CN2CCCCC2Cn2cncn2)o1. The van der Waals surface area contributed by atoms with E-state index in [4.69, 9.17) is 4.42 Å². The molecule has 1 atom stereocenters. The van der Waals surface area contributed by atoms with Crippen molar-refractivity contribution in [2.75, 3.05) is 6.54 Å². The highest BCUT2D eigenvalue weighted by Crippen LogP contribution is 2.23. The fraction of sp³-hybridized carbons (Fsp3) is 0.733. The minimum absolute atomic E-state index is 0.104. The van der Waals surface area contributed by atoms with Gasteiger partial charge in [0.05, 0.1) is 13.1 Å². The topological polar surface area (TPSA) is 72.9 Å². The Kier molecular flexibility index (Phi) is 4.24. The monoisotopic (exact) mass is 304 g/mol. The molecule has 120 valence electrons. The Hall–Kier alpha value is -1.76. The molecule has 0 aliphatic carbocycles. The Morgan fingerprint density at radius 3 is 2.82 bits per heavy atom. The third-order valence-corrected chi connectivity index (χ3v) is 4.06. The minimum Gasteiger partial charge on any atom is -0.423 e. The molecule has 0 N–H and O–H groups in total. The lowest BCUT2D eigenvalue weighted by Gasteiger charge is -2.34. The third-order valence-electron chi connectivity index (χ3n) is 4.06. The molecule has 0 saturated carbocycles. The van der Waals surface area contributed by atoms with Gasteiger partial charge in [-0.15, -0.1) is 10.2 Å². The molecule has 0 bridgehead atoms. The van der Waals surface area contributed by atoms with Crippen LogP contribution in [0.15, 0.2) is 17.1 Å². The smallest absolute Gasteiger partial charge is 0.230 e. The molecule has 1 saturated heterocycles. The number of rotatable bonds is 4. The van der Waals surface area contributed by atoms with Crippen molar-refractivity contribution in [1.29, 1.82) is 0 Å². The van der Waals surface area contributed by atoms with Crippen LogP contribution < -0.4 is 0 Å². The first-order chi connectivity index (χ1) is 10.5. The average Bonchev–Trinajstić information content (AvgIpc) is 3.11. The molecular weight excluding hydrogens is 280 g/mol. The van der Waals surface area contributed by atoms with E-state index in [-0.39, 0.29) is 5.41 Å². The first-order valence-corrected chi connectivity index (χ1v) is 7.92. The van der Waals surface area contributed by atoms with Crippen LogP contribution in [0.3, 0.4) is 0 Å². The number of nitrogens with zero attached hydrogens (tertiary/aromatic N) is 6. The van der Waals surface area contributed by atoms with Gasteiger partial charge in [0, 0.05) is 11.5 Å². The molecule has 1 aliphatic heterocycles. The quantitative estimate of drug-likeness (QED) is 0.860. The van der Waals surface area contributed by atoms with Crippen LogP contribution in [-0.4, -0.2) is 42.4 Å². The van der Waals surface area contributed by atoms with Gasteiger partial charge in [0.2, 0.25) is 11.8 Å². The van der Waals surface area contributed by atoms with Crippen molar-refractivity contribution in [3.05, 3.63) is 24.4 Å². The van der Waals surface area contributed by atoms with Gasteiger partial charge < -0.3 is 4.42 Å². The van der Waals surface area contributed by atoms with Crippen molar-refractivity contribution in [3.63, 3.8) is 0 Å². The van der Waals surface area contributed by atoms with Gasteiger partial charge in [0.15, 0.2) is 0 Å². The van der Waals surface area contributed by atoms with Gasteiger partial charge in [-0.1, -0.05) is 27.2 Å². The fourth-order valence-electron chi connectivity index (χ4n) is 2.81. The maximum atomic E-state index is 5.84. The highest BCUT2D eigenvalue weighted by molar-refractivity contribution is 4.96. The molecule has 3 rings (SSSR count). The van der Waals surface area contributed by atoms with Gasteiger partial charge in [0.25, 0.3) is 0 Å². The largest absolute Gasteiger partial charge is 0.423 e. The van der Waals surface area contributed by atoms with Crippen molar-refractivity contribution in [2.24, 2.45) is 0 Å². The molecule has 3 heterocycles. The highest BCUT2D eigenvalue weighted by Gasteiger charge is 2.26. The molecule has 2 aromatic heterocycles. The minimum atomic E-state index is -0.104. The molecule has 0 amide bonds. The van der Waals surface area contributed by atoms with Gasteiger partial charge >= 0.3 is 0 Å². The van der Waals surface area contributed by atoms with E-state index in [0.29, 0.717) is 24.4 Å². The highest BCUT2D eigenvalue weighted by atomic mass is 16.4. The first-order valence-electron chi connectivity index (χ1n) is 7.92. The second kappa shape index (κ2) is 6.16. The zero-order chi connectivity index (χ0) is 15.6. The molecule has 7 heteroatoms. The number of aromatic nitrogens is 5. The van der Waals surface area contributed by atoms with E-state index in [1.165, 1.54) is 19.3 Å². The summed E-state index contributed by atoms with van der Waals surface area (Å²) in [4.78, 5) is 6.44. The Balaban J connectivity index is 1.67. The summed E-state index contributed by atoms with van der Waals surface area (Å²) in [5.74, 6) is 1.41. The maximum absolute atomic E-state index is 5.84. The lowest BCUT2D eigenvalue weighted by molar-refractivity contribution is 0.110. The normalized spacial score (nSPS) is 20.4. The number of likely N-dealkylation sites (tertiary alicyclic amines) is 1. The van der Waals surface area contributed by atoms with Crippen LogP contribution in [0.1, 0.15) is 51.8 Å². The van der Waals surface area contributed by atoms with E-state index in [1.54, 1.807) is 12.7 Å². The van der Waals surface area contributed by atoms with Crippen molar-refractivity contribution < 1.29 is 4.42 Å². The van der Waals surface area contributed by atoms with E-state index < -0.39 is 0 Å². The van der Waals surface area contributed by atoms with Crippen LogP contribution in [0.25, 0.3) is 0 Å². The van der Waals surface area contributed by atoms with Gasteiger partial charge in [-0.25, -0.2) is 4.98 Å². The Morgan fingerprint density at radius 2 is 2.14 bits per heavy atom. The summed E-state index contributed by atoms with van der Waals surface area (Å²) >= 11 is 0. The van der Waals surface area contributed by atoms with Crippen LogP contribution in [0.2, 0.25) is 0 Å². The molecular formula is C15H24N6O. The molecule has 2 aromatic rings. The molecule has 1 aliphatic rings. The third kappa shape index (κ3) is 3.52. The second-order valence-corrected chi connectivity index (χ2v) is 6.99. The van der Waals surface area contributed by atoms with Gasteiger partial charge in [0.1, 0.15) is 12.7 Å². The van der Waals surface area contributed by atoms with E-state index in [1.807, 2.05) is 4.68 Å². The molecule has 0 spiro atoms. The van der Waals surface area contributed by atoms with Gasteiger partial charge in [-0.05, 0) is 19.4 Å². The van der Waals surface area contributed by atoms with Gasteiger partial charge in [-0.2, -0.15) is 5.10 Å². The van der Waals surface area contributed by atoms with Crippen molar-refractivity contribution in [2.45, 2.75) is 64.6 Å². The first kappa shape index (κ1) is 15.1. The average molecular weight is 304 g/mol. The van der Waals surface area contributed by atoms with Crippen molar-refractivity contribution >= 4 is 0 Å². The zero-order valence-corrected chi connectivity index (χ0v) is 13.6. The Bertz CT molecular complexity index is 585.